The summed E-state index contributed by atoms with van der Waals surface area (Å²) in [6.07, 6.45) is 0.845. The summed E-state index contributed by atoms with van der Waals surface area (Å²) in [7, 11) is 1.78. The number of carboxylic acid groups (broad SMARTS) is 1. The number of carbonyl (C=O) groups is 1. The largest absolute Gasteiger partial charge is 0.481 e. The van der Waals surface area contributed by atoms with Crippen LogP contribution in [0, 0.1) is 24.2 Å². The van der Waals surface area contributed by atoms with E-state index in [9.17, 15) is 15.2 Å². The third-order valence-electron chi connectivity index (χ3n) is 3.81. The van der Waals surface area contributed by atoms with Crippen LogP contribution in [0.2, 0.25) is 0 Å². The molecule has 2 rings (SSSR count). The molecule has 1 fully saturated rings. The Labute approximate surface area is 123 Å². The fourth-order valence-corrected chi connectivity index (χ4v) is 2.86. The number of ether oxygens (including phenoxy) is 1. The SMILES string of the molecule is CCCN(c1c(C#N)c(C)nn1C)C1COCC1C(=O)O. The lowest BCUT2D eigenvalue weighted by Crippen LogP contribution is -2.45. The Morgan fingerprint density at radius 2 is 2.33 bits per heavy atom. The molecule has 0 bridgehead atoms. The summed E-state index contributed by atoms with van der Waals surface area (Å²) in [6, 6.07) is 1.90. The molecule has 0 amide bonds. The first-order valence-corrected chi connectivity index (χ1v) is 7.02. The molecule has 1 aromatic rings. The van der Waals surface area contributed by atoms with Crippen molar-refractivity contribution >= 4 is 11.8 Å². The normalized spacial score (nSPS) is 21.2. The average Bonchev–Trinajstić information content (AvgIpc) is 3.00. The summed E-state index contributed by atoms with van der Waals surface area (Å²) in [5.74, 6) is -0.770. The summed E-state index contributed by atoms with van der Waals surface area (Å²) < 4.78 is 7.02. The monoisotopic (exact) mass is 292 g/mol. The van der Waals surface area contributed by atoms with Crippen molar-refractivity contribution in [3.63, 3.8) is 0 Å². The van der Waals surface area contributed by atoms with E-state index in [-0.39, 0.29) is 12.6 Å². The minimum Gasteiger partial charge on any atom is -0.481 e. The number of carboxylic acids is 1. The third-order valence-corrected chi connectivity index (χ3v) is 3.81. The Morgan fingerprint density at radius 1 is 1.62 bits per heavy atom. The van der Waals surface area contributed by atoms with Crippen molar-refractivity contribution in [3.05, 3.63) is 11.3 Å². The van der Waals surface area contributed by atoms with E-state index in [1.807, 2.05) is 11.8 Å². The van der Waals surface area contributed by atoms with Gasteiger partial charge in [0.05, 0.1) is 24.9 Å². The lowest BCUT2D eigenvalue weighted by Gasteiger charge is -2.32. The topological polar surface area (TPSA) is 91.4 Å². The lowest BCUT2D eigenvalue weighted by atomic mass is 10.0. The maximum atomic E-state index is 11.4. The van der Waals surface area contributed by atoms with Crippen LogP contribution in [0.3, 0.4) is 0 Å². The molecule has 1 aromatic heterocycles. The molecular weight excluding hydrogens is 272 g/mol. The first-order valence-electron chi connectivity index (χ1n) is 7.02. The van der Waals surface area contributed by atoms with Crippen LogP contribution >= 0.6 is 0 Å². The lowest BCUT2D eigenvalue weighted by molar-refractivity contribution is -0.142. The van der Waals surface area contributed by atoms with Crippen molar-refractivity contribution in [1.82, 2.24) is 9.78 Å². The van der Waals surface area contributed by atoms with Gasteiger partial charge in [0.25, 0.3) is 0 Å². The minimum atomic E-state index is -0.865. The number of nitrogens with zero attached hydrogens (tertiary/aromatic N) is 4. The van der Waals surface area contributed by atoms with Crippen LogP contribution in [-0.4, -0.2) is 46.7 Å². The van der Waals surface area contributed by atoms with Gasteiger partial charge in [-0.1, -0.05) is 6.92 Å². The van der Waals surface area contributed by atoms with Crippen molar-refractivity contribution in [1.29, 1.82) is 5.26 Å². The smallest absolute Gasteiger partial charge is 0.311 e. The van der Waals surface area contributed by atoms with Crippen LogP contribution in [0.1, 0.15) is 24.6 Å². The molecule has 1 saturated heterocycles. The summed E-state index contributed by atoms with van der Waals surface area (Å²) >= 11 is 0. The van der Waals surface area contributed by atoms with E-state index in [1.165, 1.54) is 0 Å². The van der Waals surface area contributed by atoms with Gasteiger partial charge >= 0.3 is 5.97 Å². The molecule has 1 aliphatic rings. The summed E-state index contributed by atoms with van der Waals surface area (Å²) in [5.41, 5.74) is 1.16. The predicted molar refractivity (Wildman–Crippen MR) is 76.0 cm³/mol. The number of hydrogen-bond donors (Lipinski definition) is 1. The van der Waals surface area contributed by atoms with Crippen LogP contribution in [0.15, 0.2) is 0 Å². The van der Waals surface area contributed by atoms with Gasteiger partial charge < -0.3 is 14.7 Å². The molecule has 114 valence electrons. The highest BCUT2D eigenvalue weighted by atomic mass is 16.5. The number of anilines is 1. The number of rotatable bonds is 5. The van der Waals surface area contributed by atoms with Crippen molar-refractivity contribution in [3.8, 4) is 6.07 Å². The second-order valence-corrected chi connectivity index (χ2v) is 5.26. The standard InChI is InChI=1S/C14H20N4O3/c1-4-5-18(12-8-21-7-11(12)14(19)20)13-10(6-15)9(2)16-17(13)3/h11-12H,4-5,7-8H2,1-3H3,(H,19,20). The maximum Gasteiger partial charge on any atom is 0.311 e. The van der Waals surface area contributed by atoms with Gasteiger partial charge in [0.15, 0.2) is 0 Å². The predicted octanol–water partition coefficient (Wildman–Crippen LogP) is 0.916. The fourth-order valence-electron chi connectivity index (χ4n) is 2.86. The molecule has 0 spiro atoms. The zero-order valence-corrected chi connectivity index (χ0v) is 12.5. The highest BCUT2D eigenvalue weighted by Crippen LogP contribution is 2.29. The average molecular weight is 292 g/mol. The van der Waals surface area contributed by atoms with E-state index in [0.29, 0.717) is 30.2 Å². The molecule has 2 unspecified atom stereocenters. The Morgan fingerprint density at radius 3 is 2.90 bits per heavy atom. The second-order valence-electron chi connectivity index (χ2n) is 5.26. The van der Waals surface area contributed by atoms with E-state index in [0.717, 1.165) is 6.42 Å². The molecule has 7 heteroatoms. The number of aliphatic carboxylic acids is 1. The minimum absolute atomic E-state index is 0.207. The van der Waals surface area contributed by atoms with E-state index in [2.05, 4.69) is 11.2 Å². The first kappa shape index (κ1) is 15.3. The number of aryl methyl sites for hydroxylation is 2. The Bertz CT molecular complexity index is 576. The summed E-state index contributed by atoms with van der Waals surface area (Å²) in [5, 5.41) is 23.0. The second kappa shape index (κ2) is 6.14. The van der Waals surface area contributed by atoms with E-state index >= 15 is 0 Å². The van der Waals surface area contributed by atoms with Gasteiger partial charge in [-0.25, -0.2) is 0 Å². The van der Waals surface area contributed by atoms with E-state index in [1.54, 1.807) is 18.7 Å². The molecule has 0 saturated carbocycles. The molecule has 0 radical (unpaired) electrons. The van der Waals surface area contributed by atoms with Crippen LogP contribution in [0.25, 0.3) is 0 Å². The van der Waals surface area contributed by atoms with Gasteiger partial charge in [0, 0.05) is 13.6 Å². The Balaban J connectivity index is 2.45. The molecule has 1 aliphatic heterocycles. The van der Waals surface area contributed by atoms with Crippen LogP contribution in [-0.2, 0) is 16.6 Å². The quantitative estimate of drug-likeness (QED) is 0.867. The van der Waals surface area contributed by atoms with Gasteiger partial charge in [-0.2, -0.15) is 10.4 Å². The zero-order valence-electron chi connectivity index (χ0n) is 12.5. The Kier molecular flexibility index (Phi) is 4.48. The Hall–Kier alpha value is -2.07. The highest BCUT2D eigenvalue weighted by molar-refractivity contribution is 5.73. The zero-order chi connectivity index (χ0) is 15.6. The van der Waals surface area contributed by atoms with E-state index < -0.39 is 11.9 Å². The van der Waals surface area contributed by atoms with Gasteiger partial charge in [-0.15, -0.1) is 0 Å². The molecule has 21 heavy (non-hydrogen) atoms. The maximum absolute atomic E-state index is 11.4. The summed E-state index contributed by atoms with van der Waals surface area (Å²) in [6.45, 7) is 5.02. The van der Waals surface area contributed by atoms with E-state index in [4.69, 9.17) is 4.74 Å². The first-order chi connectivity index (χ1) is 10.0. The van der Waals surface area contributed by atoms with Crippen molar-refractivity contribution in [2.75, 3.05) is 24.7 Å². The van der Waals surface area contributed by atoms with Crippen LogP contribution < -0.4 is 4.90 Å². The van der Waals surface area contributed by atoms with Gasteiger partial charge in [0.1, 0.15) is 23.4 Å². The molecule has 1 N–H and O–H groups in total. The van der Waals surface area contributed by atoms with Gasteiger partial charge in [-0.3, -0.25) is 9.48 Å². The number of hydrogen-bond acceptors (Lipinski definition) is 5. The van der Waals surface area contributed by atoms with Crippen molar-refractivity contribution < 1.29 is 14.6 Å². The fraction of sp³-hybridized carbons (Fsp3) is 0.643. The number of aromatic nitrogens is 2. The molecule has 7 nitrogen and oxygen atoms in total. The summed E-state index contributed by atoms with van der Waals surface area (Å²) in [4.78, 5) is 13.4. The third kappa shape index (κ3) is 2.72. The highest BCUT2D eigenvalue weighted by Gasteiger charge is 2.39. The molecular formula is C14H20N4O3. The van der Waals surface area contributed by atoms with Crippen molar-refractivity contribution in [2.24, 2.45) is 13.0 Å². The van der Waals surface area contributed by atoms with Crippen molar-refractivity contribution in [2.45, 2.75) is 26.3 Å². The van der Waals surface area contributed by atoms with Gasteiger partial charge in [0.2, 0.25) is 0 Å². The van der Waals surface area contributed by atoms with Crippen LogP contribution in [0.4, 0.5) is 5.82 Å². The molecule has 0 aromatic carbocycles. The van der Waals surface area contributed by atoms with Crippen LogP contribution in [0.5, 0.6) is 0 Å². The molecule has 2 atom stereocenters. The number of nitriles is 1. The molecule has 0 aliphatic carbocycles. The van der Waals surface area contributed by atoms with Gasteiger partial charge in [-0.05, 0) is 13.3 Å². The molecule has 2 heterocycles.